The molecule has 8 heteroatoms. The van der Waals surface area contributed by atoms with Crippen molar-refractivity contribution in [3.05, 3.63) is 84.4 Å². The summed E-state index contributed by atoms with van der Waals surface area (Å²) in [6.45, 7) is 1.54. The summed E-state index contributed by atoms with van der Waals surface area (Å²) in [5, 5.41) is 9.85. The Morgan fingerprint density at radius 3 is 1.63 bits per heavy atom. The molecule has 0 saturated carbocycles. The average molecular weight is 481 g/mol. The van der Waals surface area contributed by atoms with Crippen LogP contribution in [0.3, 0.4) is 0 Å². The van der Waals surface area contributed by atoms with E-state index in [1.165, 1.54) is 0 Å². The van der Waals surface area contributed by atoms with E-state index in [-0.39, 0.29) is 13.2 Å². The number of para-hydroxylation sites is 4. The summed E-state index contributed by atoms with van der Waals surface area (Å²) >= 11 is 0. The number of ether oxygens (including phenoxy) is 6. The summed E-state index contributed by atoms with van der Waals surface area (Å²) in [6, 6.07) is 23.3. The number of hydrogen-bond acceptors (Lipinski definition) is 7. The van der Waals surface area contributed by atoms with Crippen LogP contribution in [0.2, 0.25) is 0 Å². The maximum absolute atomic E-state index is 12.0. The number of rotatable bonds is 4. The molecular formula is C27H28O8. The molecule has 1 unspecified atom stereocenters. The molecule has 184 valence electrons. The van der Waals surface area contributed by atoms with E-state index < -0.39 is 18.2 Å². The molecule has 0 saturated heterocycles. The number of carbonyl (C=O) groups is 1. The van der Waals surface area contributed by atoms with E-state index in [4.69, 9.17) is 28.4 Å². The maximum Gasteiger partial charge on any atom is 0.337 e. The van der Waals surface area contributed by atoms with Crippen molar-refractivity contribution in [2.75, 3.05) is 39.6 Å². The molecular weight excluding hydrogens is 452 g/mol. The van der Waals surface area contributed by atoms with Gasteiger partial charge in [-0.15, -0.1) is 0 Å². The van der Waals surface area contributed by atoms with Gasteiger partial charge < -0.3 is 33.5 Å². The van der Waals surface area contributed by atoms with Gasteiger partial charge in [-0.1, -0.05) is 54.6 Å². The van der Waals surface area contributed by atoms with Gasteiger partial charge in [0.2, 0.25) is 0 Å². The maximum atomic E-state index is 12.0. The molecule has 8 nitrogen and oxygen atoms in total. The fourth-order valence-corrected chi connectivity index (χ4v) is 3.49. The summed E-state index contributed by atoms with van der Waals surface area (Å²) in [4.78, 5) is 12.0. The van der Waals surface area contributed by atoms with Crippen molar-refractivity contribution in [2.45, 2.75) is 12.2 Å². The third kappa shape index (κ3) is 7.11. The predicted molar refractivity (Wildman–Crippen MR) is 127 cm³/mol. The largest absolute Gasteiger partial charge is 0.487 e. The Morgan fingerprint density at radius 2 is 1.14 bits per heavy atom. The number of benzene rings is 3. The molecule has 3 aromatic carbocycles. The van der Waals surface area contributed by atoms with Crippen molar-refractivity contribution in [3.63, 3.8) is 0 Å². The van der Waals surface area contributed by atoms with E-state index in [1.54, 1.807) is 48.5 Å². The third-order valence-electron chi connectivity index (χ3n) is 5.17. The Morgan fingerprint density at radius 1 is 0.686 bits per heavy atom. The molecule has 0 bridgehead atoms. The summed E-state index contributed by atoms with van der Waals surface area (Å²) in [5.41, 5.74) is 0.527. The zero-order valence-electron chi connectivity index (χ0n) is 19.2. The first-order chi connectivity index (χ1) is 17.2. The second-order valence-electron chi connectivity index (χ2n) is 7.71. The van der Waals surface area contributed by atoms with Crippen LogP contribution in [0.1, 0.15) is 11.7 Å². The molecule has 0 aromatic heterocycles. The van der Waals surface area contributed by atoms with Crippen LogP contribution < -0.4 is 18.9 Å². The molecule has 1 heterocycles. The van der Waals surface area contributed by atoms with Crippen molar-refractivity contribution < 1.29 is 38.3 Å². The summed E-state index contributed by atoms with van der Waals surface area (Å²) in [6.07, 6.45) is -1.90. The van der Waals surface area contributed by atoms with Crippen LogP contribution in [0.15, 0.2) is 78.9 Å². The Labute approximate surface area is 203 Å². The lowest BCUT2D eigenvalue weighted by molar-refractivity contribution is -0.157. The molecule has 0 fully saturated rings. The van der Waals surface area contributed by atoms with E-state index in [2.05, 4.69) is 0 Å². The Balaban J connectivity index is 1.57. The Hall–Kier alpha value is -3.75. The normalized spacial score (nSPS) is 16.2. The first-order valence-corrected chi connectivity index (χ1v) is 11.4. The minimum atomic E-state index is -1.19. The molecule has 35 heavy (non-hydrogen) atoms. The first kappa shape index (κ1) is 24.4. The Bertz CT molecular complexity index is 1020. The van der Waals surface area contributed by atoms with Gasteiger partial charge in [0.1, 0.15) is 32.5 Å². The molecule has 1 aliphatic heterocycles. The molecule has 0 spiro atoms. The van der Waals surface area contributed by atoms with E-state index in [9.17, 15) is 9.90 Å². The lowest BCUT2D eigenvalue weighted by atomic mass is 10.1. The lowest BCUT2D eigenvalue weighted by Gasteiger charge is -2.24. The highest BCUT2D eigenvalue weighted by molar-refractivity contribution is 5.74. The first-order valence-electron chi connectivity index (χ1n) is 11.4. The van der Waals surface area contributed by atoms with E-state index >= 15 is 0 Å². The van der Waals surface area contributed by atoms with E-state index in [0.29, 0.717) is 55.0 Å². The number of fused-ring (bicyclic) bond motifs is 2. The van der Waals surface area contributed by atoms with Crippen LogP contribution in [0, 0.1) is 0 Å². The van der Waals surface area contributed by atoms with E-state index in [1.807, 2.05) is 30.3 Å². The van der Waals surface area contributed by atoms with Crippen molar-refractivity contribution in [1.82, 2.24) is 0 Å². The van der Waals surface area contributed by atoms with Gasteiger partial charge in [0.05, 0.1) is 13.2 Å². The second kappa shape index (κ2) is 12.6. The highest BCUT2D eigenvalue weighted by atomic mass is 16.6. The molecule has 0 amide bonds. The average Bonchev–Trinajstić information content (AvgIpc) is 2.88. The standard InChI is InChI=1S/C27H28O8/c28-27(29)26(20-8-2-1-3-9-20)35-21-18-33-24-12-6-4-10-22(24)31-16-14-30-15-17-32-23-11-5-7-13-25(23)34-19-21/h1-13,21,26H,14-19H2,(H,28,29). The quantitative estimate of drug-likeness (QED) is 0.596. The van der Waals surface area contributed by atoms with Gasteiger partial charge in [0, 0.05) is 0 Å². The smallest absolute Gasteiger partial charge is 0.337 e. The molecule has 1 N–H and O–H groups in total. The van der Waals surface area contributed by atoms with Crippen molar-refractivity contribution in [3.8, 4) is 23.0 Å². The molecule has 1 atom stereocenters. The van der Waals surface area contributed by atoms with Gasteiger partial charge in [-0.3, -0.25) is 0 Å². The fourth-order valence-electron chi connectivity index (χ4n) is 3.49. The zero-order chi connectivity index (χ0) is 24.3. The summed E-state index contributed by atoms with van der Waals surface area (Å²) in [5.74, 6) is 1.05. The van der Waals surface area contributed by atoms with Crippen LogP contribution in [0.25, 0.3) is 0 Å². The van der Waals surface area contributed by atoms with Crippen molar-refractivity contribution >= 4 is 5.97 Å². The van der Waals surface area contributed by atoms with Crippen molar-refractivity contribution in [1.29, 1.82) is 0 Å². The summed E-state index contributed by atoms with van der Waals surface area (Å²) < 4.78 is 35.2. The number of aliphatic carboxylic acids is 1. The summed E-state index contributed by atoms with van der Waals surface area (Å²) in [7, 11) is 0. The van der Waals surface area contributed by atoms with Gasteiger partial charge in [0.25, 0.3) is 0 Å². The minimum Gasteiger partial charge on any atom is -0.487 e. The molecule has 3 aromatic rings. The van der Waals surface area contributed by atoms with Crippen LogP contribution in [0.5, 0.6) is 23.0 Å². The highest BCUT2D eigenvalue weighted by Gasteiger charge is 2.26. The minimum absolute atomic E-state index is 0.0382. The van der Waals surface area contributed by atoms with Crippen LogP contribution in [-0.4, -0.2) is 56.8 Å². The number of carboxylic acids is 1. The predicted octanol–water partition coefficient (Wildman–Crippen LogP) is 4.14. The molecule has 1 aliphatic rings. The van der Waals surface area contributed by atoms with Crippen LogP contribution >= 0.6 is 0 Å². The fraction of sp³-hybridized carbons (Fsp3) is 0.296. The zero-order valence-corrected chi connectivity index (χ0v) is 19.2. The SMILES string of the molecule is O=C(O)C(OC1COc2ccccc2OCCOCCOc2ccccc2OC1)c1ccccc1. The van der Waals surface area contributed by atoms with Crippen molar-refractivity contribution in [2.24, 2.45) is 0 Å². The van der Waals surface area contributed by atoms with Crippen LogP contribution in [0.4, 0.5) is 0 Å². The molecule has 4 rings (SSSR count). The third-order valence-corrected chi connectivity index (χ3v) is 5.17. The van der Waals surface area contributed by atoms with E-state index in [0.717, 1.165) is 0 Å². The lowest BCUT2D eigenvalue weighted by Crippen LogP contribution is -2.32. The van der Waals surface area contributed by atoms with Gasteiger partial charge in [-0.05, 0) is 29.8 Å². The molecule has 0 aliphatic carbocycles. The second-order valence-corrected chi connectivity index (χ2v) is 7.71. The number of hydrogen-bond donors (Lipinski definition) is 1. The van der Waals surface area contributed by atoms with Gasteiger partial charge in [0.15, 0.2) is 29.1 Å². The van der Waals surface area contributed by atoms with Gasteiger partial charge >= 0.3 is 5.97 Å². The van der Waals surface area contributed by atoms with Gasteiger partial charge in [-0.2, -0.15) is 0 Å². The highest BCUT2D eigenvalue weighted by Crippen LogP contribution is 2.29. The van der Waals surface area contributed by atoms with Crippen LogP contribution in [-0.2, 0) is 14.3 Å². The monoisotopic (exact) mass is 480 g/mol. The number of carboxylic acid groups (broad SMARTS) is 1. The Kier molecular flexibility index (Phi) is 8.80. The topological polar surface area (TPSA) is 92.7 Å². The van der Waals surface area contributed by atoms with Gasteiger partial charge in [-0.25, -0.2) is 4.79 Å². The molecule has 0 radical (unpaired) electrons.